The molecule has 0 aliphatic carbocycles. The van der Waals surface area contributed by atoms with Crippen molar-refractivity contribution in [2.45, 2.75) is 13.0 Å². The van der Waals surface area contributed by atoms with E-state index in [0.29, 0.717) is 17.0 Å². The summed E-state index contributed by atoms with van der Waals surface area (Å²) in [6, 6.07) is 25.3. The molecule has 0 saturated carbocycles. The van der Waals surface area contributed by atoms with Crippen molar-refractivity contribution in [1.82, 2.24) is 5.32 Å². The number of anilines is 1. The van der Waals surface area contributed by atoms with Crippen molar-refractivity contribution >= 4 is 39.5 Å². The zero-order chi connectivity index (χ0) is 23.6. The highest BCUT2D eigenvalue weighted by atomic mass is 79.9. The van der Waals surface area contributed by atoms with Crippen LogP contribution < -0.4 is 15.4 Å². The SMILES string of the molecule is C[C@@H](NC(=O)COc1ccc(/C=C(\C#N)C(=O)Nc2ccc(Br)cc2)cc1)c1ccccc1. The molecule has 7 heteroatoms. The summed E-state index contributed by atoms with van der Waals surface area (Å²) < 4.78 is 6.44. The average Bonchev–Trinajstić information content (AvgIpc) is 2.83. The van der Waals surface area contributed by atoms with Gasteiger partial charge in [0.25, 0.3) is 11.8 Å². The van der Waals surface area contributed by atoms with E-state index in [9.17, 15) is 14.9 Å². The number of hydrogen-bond donors (Lipinski definition) is 2. The molecule has 6 nitrogen and oxygen atoms in total. The number of rotatable bonds is 8. The molecule has 3 rings (SSSR count). The summed E-state index contributed by atoms with van der Waals surface area (Å²) in [6.07, 6.45) is 1.49. The molecular weight excluding hydrogens is 482 g/mol. The van der Waals surface area contributed by atoms with E-state index < -0.39 is 5.91 Å². The molecular formula is C26H22BrN3O3. The molecule has 166 valence electrons. The predicted molar refractivity (Wildman–Crippen MR) is 131 cm³/mol. The number of hydrogen-bond acceptors (Lipinski definition) is 4. The number of amides is 2. The molecule has 1 atom stereocenters. The third kappa shape index (κ3) is 7.34. The van der Waals surface area contributed by atoms with Crippen LogP contribution in [0.2, 0.25) is 0 Å². The Morgan fingerprint density at radius 2 is 1.70 bits per heavy atom. The number of nitriles is 1. The Kier molecular flexibility index (Phi) is 8.39. The number of ether oxygens (including phenoxy) is 1. The number of carbonyl (C=O) groups excluding carboxylic acids is 2. The maximum absolute atomic E-state index is 12.4. The van der Waals surface area contributed by atoms with Crippen LogP contribution in [0.5, 0.6) is 5.75 Å². The van der Waals surface area contributed by atoms with Gasteiger partial charge >= 0.3 is 0 Å². The maximum Gasteiger partial charge on any atom is 0.266 e. The first-order valence-corrected chi connectivity index (χ1v) is 11.0. The Hall–Kier alpha value is -3.89. The predicted octanol–water partition coefficient (Wildman–Crippen LogP) is 5.25. The first-order chi connectivity index (χ1) is 15.9. The van der Waals surface area contributed by atoms with Crippen LogP contribution in [-0.4, -0.2) is 18.4 Å². The lowest BCUT2D eigenvalue weighted by Crippen LogP contribution is -2.31. The van der Waals surface area contributed by atoms with Gasteiger partial charge in [-0.2, -0.15) is 5.26 Å². The van der Waals surface area contributed by atoms with Gasteiger partial charge in [0.05, 0.1) is 6.04 Å². The first kappa shape index (κ1) is 23.8. The first-order valence-electron chi connectivity index (χ1n) is 10.2. The molecule has 0 radical (unpaired) electrons. The Morgan fingerprint density at radius 3 is 2.33 bits per heavy atom. The largest absolute Gasteiger partial charge is 0.484 e. The minimum atomic E-state index is -0.496. The Labute approximate surface area is 201 Å². The molecule has 0 aliphatic heterocycles. The second kappa shape index (κ2) is 11.7. The zero-order valence-corrected chi connectivity index (χ0v) is 19.5. The third-order valence-corrected chi connectivity index (χ3v) is 5.23. The van der Waals surface area contributed by atoms with Gasteiger partial charge in [0.1, 0.15) is 17.4 Å². The fourth-order valence-corrected chi connectivity index (χ4v) is 3.23. The third-order valence-electron chi connectivity index (χ3n) is 4.71. The van der Waals surface area contributed by atoms with Gasteiger partial charge in [-0.05, 0) is 60.5 Å². The Morgan fingerprint density at radius 1 is 1.03 bits per heavy atom. The molecule has 0 saturated heterocycles. The van der Waals surface area contributed by atoms with Crippen LogP contribution in [0.25, 0.3) is 6.08 Å². The van der Waals surface area contributed by atoms with Crippen LogP contribution in [-0.2, 0) is 9.59 Å². The second-order valence-corrected chi connectivity index (χ2v) is 8.10. The van der Waals surface area contributed by atoms with Crippen LogP contribution in [0.1, 0.15) is 24.1 Å². The number of carbonyl (C=O) groups is 2. The van der Waals surface area contributed by atoms with Crippen LogP contribution in [0.15, 0.2) is 88.9 Å². The van der Waals surface area contributed by atoms with Gasteiger partial charge in [-0.25, -0.2) is 0 Å². The minimum absolute atomic E-state index is 0.0270. The van der Waals surface area contributed by atoms with Crippen LogP contribution in [0, 0.1) is 11.3 Å². The molecule has 2 amide bonds. The Balaban J connectivity index is 1.54. The maximum atomic E-state index is 12.4. The van der Waals surface area contributed by atoms with Crippen molar-refractivity contribution in [3.05, 3.63) is 100 Å². The summed E-state index contributed by atoms with van der Waals surface area (Å²) in [7, 11) is 0. The standard InChI is InChI=1S/C26H22BrN3O3/c1-18(20-5-3-2-4-6-20)29-25(31)17-33-24-13-7-19(8-14-24)15-21(16-28)26(32)30-23-11-9-22(27)10-12-23/h2-15,18H,17H2,1H3,(H,29,31)(H,30,32)/b21-15+/t18-/m1/s1. The van der Waals surface area contributed by atoms with E-state index >= 15 is 0 Å². The van der Waals surface area contributed by atoms with E-state index in [1.165, 1.54) is 6.08 Å². The summed E-state index contributed by atoms with van der Waals surface area (Å²) in [5.74, 6) is -0.219. The van der Waals surface area contributed by atoms with E-state index in [-0.39, 0.29) is 24.1 Å². The lowest BCUT2D eigenvalue weighted by molar-refractivity contribution is -0.123. The molecule has 3 aromatic rings. The van der Waals surface area contributed by atoms with Crippen molar-refractivity contribution < 1.29 is 14.3 Å². The van der Waals surface area contributed by atoms with E-state index in [2.05, 4.69) is 26.6 Å². The molecule has 0 bridgehead atoms. The number of nitrogens with zero attached hydrogens (tertiary/aromatic N) is 1. The molecule has 0 aromatic heterocycles. The summed E-state index contributed by atoms with van der Waals surface area (Å²) in [5.41, 5.74) is 2.24. The number of halogens is 1. The van der Waals surface area contributed by atoms with Crippen LogP contribution >= 0.6 is 15.9 Å². The lowest BCUT2D eigenvalue weighted by atomic mass is 10.1. The summed E-state index contributed by atoms with van der Waals surface area (Å²) >= 11 is 3.33. The molecule has 2 N–H and O–H groups in total. The molecule has 0 unspecified atom stereocenters. The highest BCUT2D eigenvalue weighted by Crippen LogP contribution is 2.17. The van der Waals surface area contributed by atoms with Crippen molar-refractivity contribution in [1.29, 1.82) is 5.26 Å². The number of nitrogens with one attached hydrogen (secondary N) is 2. The molecule has 0 aliphatic rings. The molecule has 0 fully saturated rings. The van der Waals surface area contributed by atoms with E-state index in [1.54, 1.807) is 48.5 Å². The Bertz CT molecular complexity index is 1170. The van der Waals surface area contributed by atoms with Crippen molar-refractivity contribution in [3.8, 4) is 11.8 Å². The van der Waals surface area contributed by atoms with Crippen molar-refractivity contribution in [3.63, 3.8) is 0 Å². The lowest BCUT2D eigenvalue weighted by Gasteiger charge is -2.14. The quantitative estimate of drug-likeness (QED) is 0.324. The summed E-state index contributed by atoms with van der Waals surface area (Å²) in [4.78, 5) is 24.6. The minimum Gasteiger partial charge on any atom is -0.484 e. The smallest absolute Gasteiger partial charge is 0.266 e. The van der Waals surface area contributed by atoms with E-state index in [0.717, 1.165) is 10.0 Å². The molecule has 0 spiro atoms. The van der Waals surface area contributed by atoms with Gasteiger partial charge in [0.2, 0.25) is 0 Å². The zero-order valence-electron chi connectivity index (χ0n) is 17.9. The average molecular weight is 504 g/mol. The highest BCUT2D eigenvalue weighted by Gasteiger charge is 2.11. The monoisotopic (exact) mass is 503 g/mol. The molecule has 33 heavy (non-hydrogen) atoms. The van der Waals surface area contributed by atoms with E-state index in [4.69, 9.17) is 4.74 Å². The number of benzene rings is 3. The fraction of sp³-hybridized carbons (Fsp3) is 0.115. The summed E-state index contributed by atoms with van der Waals surface area (Å²) in [6.45, 7) is 1.79. The van der Waals surface area contributed by atoms with Gasteiger partial charge in [0, 0.05) is 10.2 Å². The fourth-order valence-electron chi connectivity index (χ4n) is 2.96. The van der Waals surface area contributed by atoms with E-state index in [1.807, 2.05) is 43.3 Å². The van der Waals surface area contributed by atoms with Crippen molar-refractivity contribution in [2.75, 3.05) is 11.9 Å². The molecule has 3 aromatic carbocycles. The summed E-state index contributed by atoms with van der Waals surface area (Å²) in [5, 5.41) is 15.0. The molecule has 0 heterocycles. The van der Waals surface area contributed by atoms with Gasteiger partial charge in [-0.1, -0.05) is 58.4 Å². The normalized spacial score (nSPS) is 11.7. The van der Waals surface area contributed by atoms with Gasteiger partial charge in [0.15, 0.2) is 6.61 Å². The second-order valence-electron chi connectivity index (χ2n) is 7.19. The topological polar surface area (TPSA) is 91.2 Å². The van der Waals surface area contributed by atoms with Crippen LogP contribution in [0.3, 0.4) is 0 Å². The highest BCUT2D eigenvalue weighted by molar-refractivity contribution is 9.10. The van der Waals surface area contributed by atoms with Crippen molar-refractivity contribution in [2.24, 2.45) is 0 Å². The van der Waals surface area contributed by atoms with Gasteiger partial charge < -0.3 is 15.4 Å². The van der Waals surface area contributed by atoms with Gasteiger partial charge in [-0.15, -0.1) is 0 Å². The van der Waals surface area contributed by atoms with Crippen LogP contribution in [0.4, 0.5) is 5.69 Å². The van der Waals surface area contributed by atoms with Gasteiger partial charge in [-0.3, -0.25) is 9.59 Å².